The zero-order valence-electron chi connectivity index (χ0n) is 11.3. The maximum absolute atomic E-state index is 12.2. The predicted octanol–water partition coefficient (Wildman–Crippen LogP) is -2.18. The summed E-state index contributed by atoms with van der Waals surface area (Å²) in [4.78, 5) is 36.3. The topological polar surface area (TPSA) is 77.5 Å². The van der Waals surface area contributed by atoms with Crippen LogP contribution in [-0.2, 0) is 4.79 Å². The summed E-state index contributed by atoms with van der Waals surface area (Å²) >= 11 is 3.22. The monoisotopic (exact) mass is 363 g/mol. The summed E-state index contributed by atoms with van der Waals surface area (Å²) in [5, 5.41) is 11.2. The maximum atomic E-state index is 12.2. The summed E-state index contributed by atoms with van der Waals surface area (Å²) in [6, 6.07) is 3.40. The van der Waals surface area contributed by atoms with Gasteiger partial charge in [-0.1, -0.05) is 29.8 Å². The molecule has 1 unspecified atom stereocenters. The first-order chi connectivity index (χ1) is 8.84. The van der Waals surface area contributed by atoms with Crippen molar-refractivity contribution in [3.05, 3.63) is 33.8 Å². The van der Waals surface area contributed by atoms with Crippen molar-refractivity contribution in [3.8, 4) is 0 Å². The predicted molar refractivity (Wildman–Crippen MR) is 68.3 cm³/mol. The molecule has 0 saturated carbocycles. The molecule has 0 aromatic heterocycles. The van der Waals surface area contributed by atoms with Gasteiger partial charge in [-0.3, -0.25) is 14.5 Å². The first kappa shape index (κ1) is 18.0. The summed E-state index contributed by atoms with van der Waals surface area (Å²) in [5.74, 6) is -3.03. The fraction of sp³-hybridized carbons (Fsp3) is 0.308. The Balaban J connectivity index is 0.00000200. The van der Waals surface area contributed by atoms with Gasteiger partial charge in [0.05, 0.1) is 23.1 Å². The Morgan fingerprint density at radius 3 is 2.25 bits per heavy atom. The molecule has 5 nitrogen and oxygen atoms in total. The van der Waals surface area contributed by atoms with E-state index >= 15 is 0 Å². The summed E-state index contributed by atoms with van der Waals surface area (Å²) in [5.41, 5.74) is 0.436. The minimum Gasteiger partial charge on any atom is -0.548 e. The number of halogens is 1. The number of carboxylic acids is 1. The number of hydrogen-bond acceptors (Lipinski definition) is 4. The van der Waals surface area contributed by atoms with Gasteiger partial charge in [0.15, 0.2) is 0 Å². The van der Waals surface area contributed by atoms with Crippen LogP contribution < -0.4 is 56.5 Å². The number of fused-ring (bicyclic) bond motifs is 1. The Morgan fingerprint density at radius 1 is 1.20 bits per heavy atom. The average Bonchev–Trinajstić information content (AvgIpc) is 2.53. The van der Waals surface area contributed by atoms with Crippen molar-refractivity contribution in [3.63, 3.8) is 0 Å². The van der Waals surface area contributed by atoms with Crippen LogP contribution in [0.3, 0.4) is 0 Å². The number of benzene rings is 1. The number of aliphatic carboxylic acids is 1. The van der Waals surface area contributed by atoms with E-state index in [1.54, 1.807) is 19.9 Å². The Bertz CT molecular complexity index is 588. The number of nitrogens with zero attached hydrogens (tertiary/aromatic N) is 1. The second kappa shape index (κ2) is 6.80. The van der Waals surface area contributed by atoms with Crippen LogP contribution in [0.1, 0.15) is 34.6 Å². The molecule has 1 aromatic rings. The Morgan fingerprint density at radius 2 is 1.75 bits per heavy atom. The largest absolute Gasteiger partial charge is 1.00 e. The Hall–Kier alpha value is -0.0536. The molecule has 0 radical (unpaired) electrons. The summed E-state index contributed by atoms with van der Waals surface area (Å²) in [7, 11) is 0. The zero-order valence-corrected chi connectivity index (χ0v) is 16.1. The van der Waals surface area contributed by atoms with Gasteiger partial charge in [-0.2, -0.15) is 0 Å². The van der Waals surface area contributed by atoms with E-state index in [9.17, 15) is 19.5 Å². The number of rotatable bonds is 3. The molecule has 100 valence electrons. The van der Waals surface area contributed by atoms with Crippen molar-refractivity contribution in [1.82, 2.24) is 4.90 Å². The molecule has 1 aliphatic rings. The molecule has 0 aliphatic carbocycles. The Kier molecular flexibility index (Phi) is 6.12. The number of carboxylic acid groups (broad SMARTS) is 1. The molecule has 7 heteroatoms. The van der Waals surface area contributed by atoms with Gasteiger partial charge < -0.3 is 9.90 Å². The van der Waals surface area contributed by atoms with Crippen LogP contribution in [0.5, 0.6) is 0 Å². The molecule has 2 amide bonds. The van der Waals surface area contributed by atoms with Crippen molar-refractivity contribution < 1.29 is 70.9 Å². The Labute approximate surface area is 167 Å². The minimum absolute atomic E-state index is 0. The number of carbonyl (C=O) groups is 3. The van der Waals surface area contributed by atoms with E-state index in [4.69, 9.17) is 0 Å². The second-order valence-corrected chi connectivity index (χ2v) is 5.59. The number of imide groups is 1. The van der Waals surface area contributed by atoms with E-state index in [0.29, 0.717) is 4.47 Å². The van der Waals surface area contributed by atoms with Gasteiger partial charge in [-0.15, -0.1) is 0 Å². The molecule has 1 aromatic carbocycles. The number of carbonyl (C=O) groups excluding carboxylic acids is 3. The molecule has 0 bridgehead atoms. The van der Waals surface area contributed by atoms with Crippen LogP contribution >= 0.6 is 15.9 Å². The molecular formula is C13H11BrKNO4. The van der Waals surface area contributed by atoms with Gasteiger partial charge in [0.1, 0.15) is 0 Å². The quantitative estimate of drug-likeness (QED) is 0.452. The molecular weight excluding hydrogens is 353 g/mol. The standard InChI is InChI=1S/C13H12BrNO4.K/c1-6(2)10(13(18)19)15-11(16)8-4-3-7(14)5-9(8)12(15)17;/h3-6,10H,1-2H3,(H,18,19);/q;+1/p-1. The fourth-order valence-electron chi connectivity index (χ4n) is 2.16. The second-order valence-electron chi connectivity index (χ2n) is 4.68. The van der Waals surface area contributed by atoms with E-state index in [1.165, 1.54) is 12.1 Å². The number of hydrogen-bond donors (Lipinski definition) is 0. The van der Waals surface area contributed by atoms with Gasteiger partial charge in [-0.05, 0) is 24.1 Å². The molecule has 0 spiro atoms. The molecule has 20 heavy (non-hydrogen) atoms. The minimum atomic E-state index is -1.43. The van der Waals surface area contributed by atoms with Crippen molar-refractivity contribution in [2.45, 2.75) is 19.9 Å². The van der Waals surface area contributed by atoms with Crippen LogP contribution in [0, 0.1) is 5.92 Å². The molecule has 1 atom stereocenters. The average molecular weight is 364 g/mol. The van der Waals surface area contributed by atoms with Crippen molar-refractivity contribution in [2.24, 2.45) is 5.92 Å². The zero-order chi connectivity index (χ0) is 14.3. The normalized spacial score (nSPS) is 15.1. The van der Waals surface area contributed by atoms with Crippen LogP contribution in [0.2, 0.25) is 0 Å². The molecule has 0 saturated heterocycles. The van der Waals surface area contributed by atoms with Crippen LogP contribution in [0.15, 0.2) is 22.7 Å². The van der Waals surface area contributed by atoms with Crippen LogP contribution in [0.25, 0.3) is 0 Å². The first-order valence-corrected chi connectivity index (χ1v) is 6.52. The molecule has 2 rings (SSSR count). The third-order valence-electron chi connectivity index (χ3n) is 3.03. The first-order valence-electron chi connectivity index (χ1n) is 5.73. The van der Waals surface area contributed by atoms with Gasteiger partial charge in [0, 0.05) is 4.47 Å². The van der Waals surface area contributed by atoms with Crippen molar-refractivity contribution in [2.75, 3.05) is 0 Å². The fourth-order valence-corrected chi connectivity index (χ4v) is 2.52. The molecule has 0 fully saturated rings. The third kappa shape index (κ3) is 3.07. The summed E-state index contributed by atoms with van der Waals surface area (Å²) < 4.78 is 0.656. The van der Waals surface area contributed by atoms with Crippen molar-refractivity contribution >= 4 is 33.7 Å². The van der Waals surface area contributed by atoms with Crippen molar-refractivity contribution in [1.29, 1.82) is 0 Å². The molecule has 0 N–H and O–H groups in total. The van der Waals surface area contributed by atoms with Gasteiger partial charge >= 0.3 is 51.4 Å². The van der Waals surface area contributed by atoms with E-state index < -0.39 is 29.7 Å². The third-order valence-corrected chi connectivity index (χ3v) is 3.52. The van der Waals surface area contributed by atoms with Crippen LogP contribution in [0.4, 0.5) is 0 Å². The van der Waals surface area contributed by atoms with Gasteiger partial charge in [0.2, 0.25) is 0 Å². The van der Waals surface area contributed by atoms with Gasteiger partial charge in [-0.25, -0.2) is 0 Å². The van der Waals surface area contributed by atoms with E-state index in [2.05, 4.69) is 15.9 Å². The molecule has 1 heterocycles. The molecule has 1 aliphatic heterocycles. The summed E-state index contributed by atoms with van der Waals surface area (Å²) in [6.45, 7) is 3.25. The number of amides is 2. The van der Waals surface area contributed by atoms with Crippen LogP contribution in [-0.4, -0.2) is 28.7 Å². The van der Waals surface area contributed by atoms with Gasteiger partial charge in [0.25, 0.3) is 11.8 Å². The van der Waals surface area contributed by atoms with E-state index in [1.807, 2.05) is 0 Å². The van der Waals surface area contributed by atoms with E-state index in [-0.39, 0.29) is 62.5 Å². The smallest absolute Gasteiger partial charge is 0.548 e. The van der Waals surface area contributed by atoms with E-state index in [0.717, 1.165) is 4.90 Å². The summed E-state index contributed by atoms with van der Waals surface area (Å²) in [6.07, 6.45) is 0. The maximum Gasteiger partial charge on any atom is 1.00 e. The SMILES string of the molecule is CC(C)C(C(=O)[O-])N1C(=O)c2ccc(Br)cc2C1=O.[K+].